The van der Waals surface area contributed by atoms with Crippen molar-refractivity contribution in [1.82, 2.24) is 4.57 Å². The van der Waals surface area contributed by atoms with Crippen LogP contribution in [-0.4, -0.2) is 4.57 Å². The summed E-state index contributed by atoms with van der Waals surface area (Å²) in [6, 6.07) is 8.82. The Balaban J connectivity index is 0.00000104. The molecule has 24 heavy (non-hydrogen) atoms. The van der Waals surface area contributed by atoms with Crippen molar-refractivity contribution in [2.75, 3.05) is 0 Å². The summed E-state index contributed by atoms with van der Waals surface area (Å²) in [6.07, 6.45) is 14.9. The molecular formula is C20H19Cl2NZr. The molecule has 0 amide bonds. The average Bonchev–Trinajstić information content (AvgIpc) is 3.24. The zero-order chi connectivity index (χ0) is 15.1. The van der Waals surface area contributed by atoms with Crippen molar-refractivity contribution >= 4 is 11.8 Å². The summed E-state index contributed by atoms with van der Waals surface area (Å²) in [5, 5.41) is 0. The van der Waals surface area contributed by atoms with E-state index in [9.17, 15) is 0 Å². The summed E-state index contributed by atoms with van der Waals surface area (Å²) in [6.45, 7) is 4.52. The molecule has 0 radical (unpaired) electrons. The summed E-state index contributed by atoms with van der Waals surface area (Å²) in [5.41, 5.74) is 7.42. The third-order valence-corrected chi connectivity index (χ3v) is 8.57. The van der Waals surface area contributed by atoms with Gasteiger partial charge in [0.05, 0.1) is 0 Å². The number of hydrogen-bond acceptors (Lipinski definition) is 0. The van der Waals surface area contributed by atoms with Crippen molar-refractivity contribution in [1.29, 1.82) is 0 Å². The van der Waals surface area contributed by atoms with Crippen molar-refractivity contribution in [3.8, 4) is 0 Å². The first-order chi connectivity index (χ1) is 10.7. The van der Waals surface area contributed by atoms with E-state index in [0.717, 1.165) is 0 Å². The topological polar surface area (TPSA) is 4.93 Å². The van der Waals surface area contributed by atoms with Gasteiger partial charge < -0.3 is 24.8 Å². The van der Waals surface area contributed by atoms with Crippen LogP contribution in [0.2, 0.25) is 0 Å². The molecule has 1 aromatic carbocycles. The van der Waals surface area contributed by atoms with Crippen LogP contribution in [0.1, 0.15) is 32.3 Å². The van der Waals surface area contributed by atoms with Gasteiger partial charge in [0, 0.05) is 0 Å². The number of benzene rings is 1. The van der Waals surface area contributed by atoms with E-state index in [1.54, 1.807) is 8.84 Å². The van der Waals surface area contributed by atoms with E-state index in [-0.39, 0.29) is 24.8 Å². The van der Waals surface area contributed by atoms with Gasteiger partial charge >= 0.3 is 144 Å². The predicted octanol–water partition coefficient (Wildman–Crippen LogP) is -0.908. The molecule has 0 bridgehead atoms. The normalized spacial score (nSPS) is 17.3. The SMILES string of the molecule is Cc1ccc(C)c2c1C=C(n1cccc1)[CH]2[Zr+2][C]1=CC=CC1.[Cl-].[Cl-]. The molecule has 4 rings (SSSR count). The average molecular weight is 436 g/mol. The molecule has 2 aliphatic rings. The monoisotopic (exact) mass is 433 g/mol. The zero-order valence-corrected chi connectivity index (χ0v) is 17.7. The molecule has 1 atom stereocenters. The van der Waals surface area contributed by atoms with E-state index in [0.29, 0.717) is 3.63 Å². The van der Waals surface area contributed by atoms with Gasteiger partial charge in [0.15, 0.2) is 0 Å². The molecule has 4 heteroatoms. The predicted molar refractivity (Wildman–Crippen MR) is 89.1 cm³/mol. The number of fused-ring (bicyclic) bond motifs is 1. The Labute approximate surface area is 167 Å². The maximum absolute atomic E-state index is 2.44. The molecule has 0 aliphatic heterocycles. The molecule has 0 saturated heterocycles. The molecule has 1 unspecified atom stereocenters. The van der Waals surface area contributed by atoms with Crippen LogP contribution in [0.4, 0.5) is 0 Å². The van der Waals surface area contributed by atoms with Crippen LogP contribution in [0.25, 0.3) is 11.8 Å². The molecule has 1 nitrogen and oxygen atoms in total. The van der Waals surface area contributed by atoms with Crippen LogP contribution in [-0.2, 0) is 23.2 Å². The van der Waals surface area contributed by atoms with Crippen LogP contribution >= 0.6 is 0 Å². The number of rotatable bonds is 3. The first-order valence-electron chi connectivity index (χ1n) is 7.81. The fourth-order valence-electron chi connectivity index (χ4n) is 3.42. The van der Waals surface area contributed by atoms with E-state index in [4.69, 9.17) is 0 Å². The van der Waals surface area contributed by atoms with Crippen molar-refractivity contribution in [3.63, 3.8) is 0 Å². The first-order valence-corrected chi connectivity index (χ1v) is 10.5. The van der Waals surface area contributed by atoms with Gasteiger partial charge in [-0.25, -0.2) is 0 Å². The van der Waals surface area contributed by atoms with Gasteiger partial charge in [0.25, 0.3) is 0 Å². The van der Waals surface area contributed by atoms with Crippen LogP contribution in [0.3, 0.4) is 0 Å². The Morgan fingerprint density at radius 1 is 1.04 bits per heavy atom. The van der Waals surface area contributed by atoms with Gasteiger partial charge in [-0.2, -0.15) is 0 Å². The molecular weight excluding hydrogens is 416 g/mol. The summed E-state index contributed by atoms with van der Waals surface area (Å²) >= 11 is -0.669. The molecule has 1 aromatic heterocycles. The second-order valence-electron chi connectivity index (χ2n) is 6.09. The minimum atomic E-state index is -0.669. The molecule has 122 valence electrons. The second kappa shape index (κ2) is 8.04. The number of hydrogen-bond donors (Lipinski definition) is 0. The number of halogens is 2. The molecule has 2 aromatic rings. The maximum atomic E-state index is 2.44. The van der Waals surface area contributed by atoms with Crippen LogP contribution in [0.5, 0.6) is 0 Å². The third-order valence-electron chi connectivity index (χ3n) is 4.60. The number of allylic oxidation sites excluding steroid dienone is 5. The van der Waals surface area contributed by atoms with Gasteiger partial charge in [-0.1, -0.05) is 0 Å². The standard InChI is InChI=1S/C15H14N.C5H5.2ClH.Zr/c1-11-5-6-12(2)15-10-13(9-14(11)15)16-7-3-4-8-16;1-2-4-5-3-1;;;/h3-10H,1-2H3;1-3H,4H2;2*1H;/q;;;;+2/p-2. The smallest absolute Gasteiger partial charge is 1.00 e. The quantitative estimate of drug-likeness (QED) is 0.589. The third kappa shape index (κ3) is 3.43. The van der Waals surface area contributed by atoms with Crippen molar-refractivity contribution < 1.29 is 48.0 Å². The fraction of sp³-hybridized carbons (Fsp3) is 0.200. The van der Waals surface area contributed by atoms with Gasteiger partial charge in [-0.05, 0) is 0 Å². The van der Waals surface area contributed by atoms with E-state index < -0.39 is 23.2 Å². The summed E-state index contributed by atoms with van der Waals surface area (Å²) in [7, 11) is 0. The van der Waals surface area contributed by atoms with E-state index >= 15 is 0 Å². The minimum absolute atomic E-state index is 0. The van der Waals surface area contributed by atoms with E-state index in [1.807, 2.05) is 0 Å². The Morgan fingerprint density at radius 2 is 1.75 bits per heavy atom. The van der Waals surface area contributed by atoms with Crippen molar-refractivity contribution in [2.24, 2.45) is 0 Å². The number of aryl methyl sites for hydroxylation is 2. The maximum Gasteiger partial charge on any atom is -1.00 e. The number of aromatic nitrogens is 1. The van der Waals surface area contributed by atoms with Crippen molar-refractivity contribution in [2.45, 2.75) is 23.9 Å². The molecule has 0 spiro atoms. The van der Waals surface area contributed by atoms with Gasteiger partial charge in [-0.15, -0.1) is 0 Å². The summed E-state index contributed by atoms with van der Waals surface area (Å²) < 4.78 is 4.67. The van der Waals surface area contributed by atoms with Crippen LogP contribution < -0.4 is 24.8 Å². The van der Waals surface area contributed by atoms with Gasteiger partial charge in [0.1, 0.15) is 0 Å². The number of nitrogens with zero attached hydrogens (tertiary/aromatic N) is 1. The summed E-state index contributed by atoms with van der Waals surface area (Å²) in [5.74, 6) is 0. The Bertz CT molecular complexity index is 816. The second-order valence-corrected chi connectivity index (χ2v) is 9.80. The Kier molecular flexibility index (Phi) is 6.54. The van der Waals surface area contributed by atoms with Crippen molar-refractivity contribution in [3.05, 3.63) is 80.4 Å². The molecule has 0 saturated carbocycles. The van der Waals surface area contributed by atoms with E-state index in [1.165, 1.54) is 28.8 Å². The van der Waals surface area contributed by atoms with Gasteiger partial charge in [0.2, 0.25) is 0 Å². The Hall–Kier alpha value is -0.817. The van der Waals surface area contributed by atoms with E-state index in [2.05, 4.69) is 79.4 Å². The minimum Gasteiger partial charge on any atom is -1.00 e. The molecule has 1 heterocycles. The molecule has 2 aliphatic carbocycles. The van der Waals surface area contributed by atoms with Crippen LogP contribution in [0.15, 0.2) is 58.2 Å². The summed E-state index contributed by atoms with van der Waals surface area (Å²) in [4.78, 5) is 0. The Morgan fingerprint density at radius 3 is 2.42 bits per heavy atom. The largest absolute Gasteiger partial charge is 1.00 e. The van der Waals surface area contributed by atoms with Gasteiger partial charge in [-0.3, -0.25) is 0 Å². The zero-order valence-electron chi connectivity index (χ0n) is 13.8. The fourth-order valence-corrected chi connectivity index (χ4v) is 7.62. The first kappa shape index (κ1) is 19.5. The molecule has 0 N–H and O–H groups in total. The molecule has 0 fully saturated rings. The van der Waals surface area contributed by atoms with Crippen LogP contribution in [0, 0.1) is 13.8 Å².